The lowest BCUT2D eigenvalue weighted by atomic mass is 9.76. The maximum absolute atomic E-state index is 9.96. The Balaban J connectivity index is 1.97. The smallest absolute Gasteiger partial charge is 0.211 e. The first-order valence-corrected chi connectivity index (χ1v) is 4.52. The van der Waals surface area contributed by atoms with Crippen LogP contribution in [0.4, 0.5) is 0 Å². The second-order valence-corrected chi connectivity index (χ2v) is 3.45. The van der Waals surface area contributed by atoms with Crippen LogP contribution in [0.25, 0.3) is 0 Å². The van der Waals surface area contributed by atoms with Crippen LogP contribution in [-0.4, -0.2) is 12.1 Å². The first-order chi connectivity index (χ1) is 6.40. The van der Waals surface area contributed by atoms with E-state index in [9.17, 15) is 4.79 Å². The summed E-state index contributed by atoms with van der Waals surface area (Å²) in [6.07, 6.45) is 3.62. The molecule has 0 bridgehead atoms. The van der Waals surface area contributed by atoms with E-state index < -0.39 is 0 Å². The van der Waals surface area contributed by atoms with Gasteiger partial charge in [-0.15, -0.1) is 0 Å². The molecule has 1 aliphatic carbocycles. The maximum atomic E-state index is 9.96. The van der Waals surface area contributed by atoms with Gasteiger partial charge in [0.1, 0.15) is 0 Å². The Bertz CT molecular complexity index is 321. The van der Waals surface area contributed by atoms with E-state index in [1.54, 1.807) is 6.08 Å². The normalized spacial score (nSPS) is 25.8. The number of benzene rings is 1. The predicted molar refractivity (Wildman–Crippen MR) is 50.3 cm³/mol. The summed E-state index contributed by atoms with van der Waals surface area (Å²) in [5, 5.41) is 0. The molecule has 13 heavy (non-hydrogen) atoms. The van der Waals surface area contributed by atoms with E-state index in [0.29, 0.717) is 5.92 Å². The lowest BCUT2D eigenvalue weighted by Crippen LogP contribution is -2.24. The van der Waals surface area contributed by atoms with Gasteiger partial charge in [-0.3, -0.25) is 0 Å². The number of isocyanates is 1. The zero-order valence-corrected chi connectivity index (χ0v) is 7.31. The van der Waals surface area contributed by atoms with Gasteiger partial charge in [0.25, 0.3) is 0 Å². The van der Waals surface area contributed by atoms with Crippen molar-refractivity contribution in [3.8, 4) is 0 Å². The predicted octanol–water partition coefficient (Wildman–Crippen LogP) is 2.27. The minimum atomic E-state index is 0.225. The van der Waals surface area contributed by atoms with Crippen molar-refractivity contribution < 1.29 is 4.79 Å². The van der Waals surface area contributed by atoms with Crippen LogP contribution in [0.5, 0.6) is 0 Å². The fourth-order valence-electron chi connectivity index (χ4n) is 1.77. The van der Waals surface area contributed by atoms with E-state index in [2.05, 4.69) is 17.1 Å². The Morgan fingerprint density at radius 3 is 2.54 bits per heavy atom. The van der Waals surface area contributed by atoms with Gasteiger partial charge in [0.05, 0.1) is 6.04 Å². The molecule has 0 unspecified atom stereocenters. The van der Waals surface area contributed by atoms with E-state index in [1.807, 2.05) is 18.2 Å². The van der Waals surface area contributed by atoms with Gasteiger partial charge in [-0.1, -0.05) is 30.3 Å². The molecule has 2 heteroatoms. The second kappa shape index (κ2) is 3.55. The molecule has 1 aliphatic rings. The number of nitrogens with zero attached hydrogens (tertiary/aromatic N) is 1. The van der Waals surface area contributed by atoms with E-state index in [1.165, 1.54) is 5.56 Å². The van der Waals surface area contributed by atoms with Crippen molar-refractivity contribution in [2.75, 3.05) is 0 Å². The van der Waals surface area contributed by atoms with Crippen LogP contribution in [0, 0.1) is 0 Å². The lowest BCUT2D eigenvalue weighted by Gasteiger charge is -2.31. The zero-order chi connectivity index (χ0) is 9.10. The quantitative estimate of drug-likeness (QED) is 0.498. The van der Waals surface area contributed by atoms with Crippen LogP contribution in [0.15, 0.2) is 35.3 Å². The summed E-state index contributed by atoms with van der Waals surface area (Å²) in [6, 6.07) is 10.6. The Morgan fingerprint density at radius 1 is 1.23 bits per heavy atom. The number of rotatable bonds is 2. The maximum Gasteiger partial charge on any atom is 0.235 e. The molecule has 66 valence electrons. The molecule has 1 saturated carbocycles. The van der Waals surface area contributed by atoms with Gasteiger partial charge in [0.15, 0.2) is 0 Å². The summed E-state index contributed by atoms with van der Waals surface area (Å²) in [6.45, 7) is 0. The molecule has 0 atom stereocenters. The molecule has 1 aromatic carbocycles. The molecule has 0 amide bonds. The van der Waals surface area contributed by atoms with Crippen molar-refractivity contribution in [3.63, 3.8) is 0 Å². The minimum absolute atomic E-state index is 0.225. The van der Waals surface area contributed by atoms with Crippen LogP contribution in [0.2, 0.25) is 0 Å². The molecule has 0 spiro atoms. The Labute approximate surface area is 77.3 Å². The molecule has 1 fully saturated rings. The third-order valence-electron chi connectivity index (χ3n) is 2.62. The van der Waals surface area contributed by atoms with Gasteiger partial charge in [-0.2, -0.15) is 0 Å². The number of carbonyl (C=O) groups excluding carboxylic acids is 1. The standard InChI is InChI=1S/C11H11NO/c13-8-12-11-6-10(7-11)9-4-2-1-3-5-9/h1-5,10-11H,6-7H2. The average Bonchev–Trinajstić information content (AvgIpc) is 2.12. The summed E-state index contributed by atoms with van der Waals surface area (Å²) >= 11 is 0. The Hall–Kier alpha value is -1.40. The van der Waals surface area contributed by atoms with Gasteiger partial charge in [0.2, 0.25) is 6.08 Å². The molecule has 2 rings (SSSR count). The molecular weight excluding hydrogens is 162 g/mol. The van der Waals surface area contributed by atoms with E-state index in [0.717, 1.165) is 12.8 Å². The van der Waals surface area contributed by atoms with Crippen molar-refractivity contribution in [1.29, 1.82) is 0 Å². The van der Waals surface area contributed by atoms with Gasteiger partial charge in [-0.05, 0) is 24.3 Å². The summed E-state index contributed by atoms with van der Waals surface area (Å²) in [7, 11) is 0. The molecular formula is C11H11NO. The number of aliphatic imine (C=N–C) groups is 1. The van der Waals surface area contributed by atoms with Crippen LogP contribution in [0.3, 0.4) is 0 Å². The number of hydrogen-bond acceptors (Lipinski definition) is 2. The van der Waals surface area contributed by atoms with Crippen molar-refractivity contribution in [2.45, 2.75) is 24.8 Å². The van der Waals surface area contributed by atoms with Gasteiger partial charge >= 0.3 is 0 Å². The molecule has 1 aromatic rings. The fourth-order valence-corrected chi connectivity index (χ4v) is 1.77. The second-order valence-electron chi connectivity index (χ2n) is 3.45. The highest BCUT2D eigenvalue weighted by atomic mass is 16.1. The average molecular weight is 173 g/mol. The van der Waals surface area contributed by atoms with Gasteiger partial charge in [-0.25, -0.2) is 9.79 Å². The SMILES string of the molecule is O=C=NC1CC(c2ccccc2)C1. The lowest BCUT2D eigenvalue weighted by molar-refractivity contribution is 0.352. The third-order valence-corrected chi connectivity index (χ3v) is 2.62. The topological polar surface area (TPSA) is 29.4 Å². The van der Waals surface area contributed by atoms with Crippen LogP contribution in [-0.2, 0) is 4.79 Å². The van der Waals surface area contributed by atoms with Gasteiger partial charge in [0, 0.05) is 0 Å². The summed E-state index contributed by atoms with van der Waals surface area (Å²) in [4.78, 5) is 13.7. The number of hydrogen-bond donors (Lipinski definition) is 0. The monoisotopic (exact) mass is 173 g/mol. The Kier molecular flexibility index (Phi) is 2.24. The van der Waals surface area contributed by atoms with Crippen molar-refractivity contribution in [3.05, 3.63) is 35.9 Å². The zero-order valence-electron chi connectivity index (χ0n) is 7.31. The van der Waals surface area contributed by atoms with Crippen LogP contribution >= 0.6 is 0 Å². The molecule has 0 saturated heterocycles. The van der Waals surface area contributed by atoms with Crippen molar-refractivity contribution in [2.24, 2.45) is 4.99 Å². The summed E-state index contributed by atoms with van der Waals surface area (Å²) in [5.41, 5.74) is 1.36. The molecule has 0 radical (unpaired) electrons. The molecule has 0 heterocycles. The fraction of sp³-hybridized carbons (Fsp3) is 0.364. The molecule has 2 nitrogen and oxygen atoms in total. The van der Waals surface area contributed by atoms with E-state index in [-0.39, 0.29) is 6.04 Å². The minimum Gasteiger partial charge on any atom is -0.211 e. The summed E-state index contributed by atoms with van der Waals surface area (Å²) in [5.74, 6) is 0.600. The highest BCUT2D eigenvalue weighted by Crippen LogP contribution is 2.38. The highest BCUT2D eigenvalue weighted by molar-refractivity contribution is 5.35. The largest absolute Gasteiger partial charge is 0.235 e. The van der Waals surface area contributed by atoms with Gasteiger partial charge < -0.3 is 0 Å². The molecule has 0 aromatic heterocycles. The third kappa shape index (κ3) is 1.68. The van der Waals surface area contributed by atoms with E-state index >= 15 is 0 Å². The van der Waals surface area contributed by atoms with Crippen molar-refractivity contribution >= 4 is 6.08 Å². The summed E-state index contributed by atoms with van der Waals surface area (Å²) < 4.78 is 0. The van der Waals surface area contributed by atoms with Crippen LogP contribution in [0.1, 0.15) is 24.3 Å². The highest BCUT2D eigenvalue weighted by Gasteiger charge is 2.29. The first-order valence-electron chi connectivity index (χ1n) is 4.52. The molecule has 0 N–H and O–H groups in total. The van der Waals surface area contributed by atoms with E-state index in [4.69, 9.17) is 0 Å². The first kappa shape index (κ1) is 8.21. The van der Waals surface area contributed by atoms with Crippen LogP contribution < -0.4 is 0 Å². The van der Waals surface area contributed by atoms with Crippen molar-refractivity contribution in [1.82, 2.24) is 0 Å². The molecule has 0 aliphatic heterocycles. The Morgan fingerprint density at radius 2 is 1.92 bits per heavy atom.